The molecule has 1 fully saturated rings. The molecule has 1 aromatic carbocycles. The monoisotopic (exact) mass is 264 g/mol. The minimum Gasteiger partial charge on any atom is -0.495 e. The Morgan fingerprint density at radius 3 is 3.05 bits per heavy atom. The fourth-order valence-electron chi connectivity index (χ4n) is 2.46. The first-order chi connectivity index (χ1) is 9.19. The van der Waals surface area contributed by atoms with Gasteiger partial charge in [0.2, 0.25) is 0 Å². The van der Waals surface area contributed by atoms with Crippen LogP contribution in [-0.4, -0.2) is 39.0 Å². The van der Waals surface area contributed by atoms with Crippen molar-refractivity contribution in [3.8, 4) is 5.75 Å². The van der Waals surface area contributed by atoms with Gasteiger partial charge in [-0.25, -0.2) is 0 Å². The average molecular weight is 264 g/mol. The molecule has 0 bridgehead atoms. The molecule has 2 unspecified atom stereocenters. The van der Waals surface area contributed by atoms with Gasteiger partial charge in [-0.2, -0.15) is 0 Å². The molecule has 1 aromatic rings. The predicted molar refractivity (Wildman–Crippen MR) is 78.0 cm³/mol. The summed E-state index contributed by atoms with van der Waals surface area (Å²) in [5, 5.41) is 7.01. The summed E-state index contributed by atoms with van der Waals surface area (Å²) in [5.74, 6) is 0.894. The summed E-state index contributed by atoms with van der Waals surface area (Å²) in [6.07, 6.45) is 1.04. The zero-order valence-corrected chi connectivity index (χ0v) is 12.0. The molecule has 0 amide bonds. The number of methoxy groups -OCH3 is 1. The lowest BCUT2D eigenvalue weighted by Gasteiger charge is -2.27. The Kier molecular flexibility index (Phi) is 5.05. The van der Waals surface area contributed by atoms with Gasteiger partial charge in [0.05, 0.1) is 26.0 Å². The van der Waals surface area contributed by atoms with Crippen LogP contribution in [-0.2, 0) is 4.74 Å². The summed E-state index contributed by atoms with van der Waals surface area (Å²) in [4.78, 5) is 0. The summed E-state index contributed by atoms with van der Waals surface area (Å²) in [5.41, 5.74) is 2.29. The van der Waals surface area contributed by atoms with E-state index in [1.165, 1.54) is 5.56 Å². The summed E-state index contributed by atoms with van der Waals surface area (Å²) in [7, 11) is 1.71. The van der Waals surface area contributed by atoms with Gasteiger partial charge in [-0.05, 0) is 38.0 Å². The molecule has 1 aliphatic rings. The second kappa shape index (κ2) is 6.78. The summed E-state index contributed by atoms with van der Waals surface area (Å²) >= 11 is 0. The van der Waals surface area contributed by atoms with E-state index >= 15 is 0 Å². The van der Waals surface area contributed by atoms with Crippen LogP contribution in [0.25, 0.3) is 0 Å². The van der Waals surface area contributed by atoms with Crippen LogP contribution in [0.15, 0.2) is 18.2 Å². The average Bonchev–Trinajstić information content (AvgIpc) is 2.40. The van der Waals surface area contributed by atoms with Gasteiger partial charge in [-0.15, -0.1) is 0 Å². The topological polar surface area (TPSA) is 42.5 Å². The fourth-order valence-corrected chi connectivity index (χ4v) is 2.46. The number of ether oxygens (including phenoxy) is 2. The van der Waals surface area contributed by atoms with E-state index in [-0.39, 0.29) is 0 Å². The smallest absolute Gasteiger partial charge is 0.141 e. The Morgan fingerprint density at radius 1 is 1.53 bits per heavy atom. The van der Waals surface area contributed by atoms with Crippen LogP contribution in [0.3, 0.4) is 0 Å². The fraction of sp³-hybridized carbons (Fsp3) is 0.600. The van der Waals surface area contributed by atoms with Crippen LogP contribution in [0.4, 0.5) is 5.69 Å². The van der Waals surface area contributed by atoms with Crippen molar-refractivity contribution in [3.05, 3.63) is 23.8 Å². The van der Waals surface area contributed by atoms with Gasteiger partial charge in [0, 0.05) is 18.6 Å². The lowest BCUT2D eigenvalue weighted by atomic mass is 10.1. The highest BCUT2D eigenvalue weighted by atomic mass is 16.5. The Hall–Kier alpha value is -1.26. The van der Waals surface area contributed by atoms with E-state index in [0.717, 1.165) is 37.6 Å². The Labute approximate surface area is 115 Å². The first-order valence-electron chi connectivity index (χ1n) is 6.91. The van der Waals surface area contributed by atoms with Gasteiger partial charge >= 0.3 is 0 Å². The van der Waals surface area contributed by atoms with Crippen molar-refractivity contribution in [2.75, 3.05) is 32.2 Å². The number of nitrogens with one attached hydrogen (secondary N) is 2. The zero-order valence-electron chi connectivity index (χ0n) is 12.0. The van der Waals surface area contributed by atoms with E-state index in [0.29, 0.717) is 12.1 Å². The van der Waals surface area contributed by atoms with E-state index in [1.54, 1.807) is 7.11 Å². The zero-order chi connectivity index (χ0) is 13.7. The number of benzene rings is 1. The van der Waals surface area contributed by atoms with Crippen molar-refractivity contribution in [1.29, 1.82) is 0 Å². The first kappa shape index (κ1) is 14.2. The molecule has 0 radical (unpaired) electrons. The molecule has 2 N–H and O–H groups in total. The number of rotatable bonds is 5. The number of aryl methyl sites for hydroxylation is 1. The molecule has 1 heterocycles. The number of hydrogen-bond acceptors (Lipinski definition) is 4. The SMILES string of the molecule is COc1ccc(C)cc1NC(C)CC1COCCN1. The highest BCUT2D eigenvalue weighted by molar-refractivity contribution is 5.58. The molecule has 19 heavy (non-hydrogen) atoms. The van der Waals surface area contributed by atoms with Gasteiger partial charge in [0.1, 0.15) is 5.75 Å². The van der Waals surface area contributed by atoms with Gasteiger partial charge in [-0.1, -0.05) is 6.07 Å². The van der Waals surface area contributed by atoms with E-state index < -0.39 is 0 Å². The summed E-state index contributed by atoms with van der Waals surface area (Å²) in [6, 6.07) is 7.00. The third-order valence-electron chi connectivity index (χ3n) is 3.39. The largest absolute Gasteiger partial charge is 0.495 e. The standard InChI is InChI=1S/C15H24N2O2/c1-11-4-5-15(18-3)14(8-11)17-12(2)9-13-10-19-7-6-16-13/h4-5,8,12-13,16-17H,6-7,9-10H2,1-3H3. The second-order valence-corrected chi connectivity index (χ2v) is 5.21. The van der Waals surface area contributed by atoms with E-state index in [9.17, 15) is 0 Å². The van der Waals surface area contributed by atoms with Crippen molar-refractivity contribution in [2.45, 2.75) is 32.4 Å². The summed E-state index contributed by atoms with van der Waals surface area (Å²) < 4.78 is 10.9. The maximum Gasteiger partial charge on any atom is 0.141 e. The molecule has 2 atom stereocenters. The van der Waals surface area contributed by atoms with Gasteiger partial charge < -0.3 is 20.1 Å². The number of hydrogen-bond donors (Lipinski definition) is 2. The maximum absolute atomic E-state index is 5.48. The molecule has 1 aliphatic heterocycles. The first-order valence-corrected chi connectivity index (χ1v) is 6.91. The molecule has 4 nitrogen and oxygen atoms in total. The van der Waals surface area contributed by atoms with Crippen LogP contribution in [0, 0.1) is 6.92 Å². The van der Waals surface area contributed by atoms with Crippen LogP contribution in [0.5, 0.6) is 5.75 Å². The number of morpholine rings is 1. The third kappa shape index (κ3) is 4.11. The molecule has 0 saturated carbocycles. The van der Waals surface area contributed by atoms with Gasteiger partial charge in [0.15, 0.2) is 0 Å². The minimum absolute atomic E-state index is 0.370. The lowest BCUT2D eigenvalue weighted by Crippen LogP contribution is -2.43. The van der Waals surface area contributed by atoms with Crippen molar-refractivity contribution < 1.29 is 9.47 Å². The Balaban J connectivity index is 1.93. The van der Waals surface area contributed by atoms with Crippen molar-refractivity contribution in [3.63, 3.8) is 0 Å². The highest BCUT2D eigenvalue weighted by Gasteiger charge is 2.17. The molecule has 0 aromatic heterocycles. The molecular formula is C15H24N2O2. The minimum atomic E-state index is 0.370. The molecule has 0 aliphatic carbocycles. The van der Waals surface area contributed by atoms with Crippen LogP contribution in [0.2, 0.25) is 0 Å². The molecular weight excluding hydrogens is 240 g/mol. The van der Waals surface area contributed by atoms with Crippen LogP contribution < -0.4 is 15.4 Å². The maximum atomic E-state index is 5.48. The quantitative estimate of drug-likeness (QED) is 0.855. The molecule has 4 heteroatoms. The van der Waals surface area contributed by atoms with Gasteiger partial charge in [-0.3, -0.25) is 0 Å². The molecule has 0 spiro atoms. The number of anilines is 1. The summed E-state index contributed by atoms with van der Waals surface area (Å²) in [6.45, 7) is 6.86. The Bertz CT molecular complexity index is 403. The van der Waals surface area contributed by atoms with Crippen molar-refractivity contribution >= 4 is 5.69 Å². The van der Waals surface area contributed by atoms with Crippen molar-refractivity contribution in [2.24, 2.45) is 0 Å². The normalized spacial score (nSPS) is 20.9. The van der Waals surface area contributed by atoms with Crippen LogP contribution >= 0.6 is 0 Å². The van der Waals surface area contributed by atoms with Crippen molar-refractivity contribution in [1.82, 2.24) is 5.32 Å². The predicted octanol–water partition coefficient (Wildman–Crippen LogP) is 2.18. The Morgan fingerprint density at radius 2 is 2.37 bits per heavy atom. The van der Waals surface area contributed by atoms with Crippen LogP contribution in [0.1, 0.15) is 18.9 Å². The van der Waals surface area contributed by atoms with E-state index in [2.05, 4.69) is 36.6 Å². The molecule has 106 valence electrons. The lowest BCUT2D eigenvalue weighted by molar-refractivity contribution is 0.0731. The highest BCUT2D eigenvalue weighted by Crippen LogP contribution is 2.26. The van der Waals surface area contributed by atoms with E-state index in [4.69, 9.17) is 9.47 Å². The third-order valence-corrected chi connectivity index (χ3v) is 3.39. The molecule has 1 saturated heterocycles. The van der Waals surface area contributed by atoms with Gasteiger partial charge in [0.25, 0.3) is 0 Å². The molecule has 2 rings (SSSR count). The van der Waals surface area contributed by atoms with E-state index in [1.807, 2.05) is 6.07 Å². The second-order valence-electron chi connectivity index (χ2n) is 5.21.